The molecule has 1 aliphatic heterocycles. The van der Waals surface area contributed by atoms with E-state index in [1.165, 1.54) is 22.3 Å². The molecule has 92 valence electrons. The molecule has 1 heterocycles. The van der Waals surface area contributed by atoms with Gasteiger partial charge in [0.25, 0.3) is 0 Å². The minimum absolute atomic E-state index is 0.677. The van der Waals surface area contributed by atoms with Gasteiger partial charge in [0.15, 0.2) is 0 Å². The number of rotatable bonds is 4. The van der Waals surface area contributed by atoms with E-state index in [4.69, 9.17) is 4.74 Å². The highest BCUT2D eigenvalue weighted by molar-refractivity contribution is 5.34. The second kappa shape index (κ2) is 5.34. The maximum absolute atomic E-state index is 5.75. The van der Waals surface area contributed by atoms with Crippen molar-refractivity contribution in [3.8, 4) is 0 Å². The average molecular weight is 239 g/mol. The van der Waals surface area contributed by atoms with E-state index < -0.39 is 0 Å². The van der Waals surface area contributed by atoms with Crippen LogP contribution in [0.5, 0.6) is 0 Å². The Morgan fingerprint density at radius 1 is 0.833 bits per heavy atom. The average Bonchev–Trinajstić information content (AvgIpc) is 2.87. The third-order valence-corrected chi connectivity index (χ3v) is 3.28. The van der Waals surface area contributed by atoms with Gasteiger partial charge in [-0.1, -0.05) is 48.5 Å². The summed E-state index contributed by atoms with van der Waals surface area (Å²) < 4.78 is 5.75. The van der Waals surface area contributed by atoms with Crippen LogP contribution in [0.4, 0.5) is 0 Å². The van der Waals surface area contributed by atoms with Gasteiger partial charge >= 0.3 is 0 Å². The molecule has 0 atom stereocenters. The molecule has 0 radical (unpaired) electrons. The maximum atomic E-state index is 5.75. The zero-order valence-corrected chi connectivity index (χ0v) is 10.4. The van der Waals surface area contributed by atoms with Gasteiger partial charge in [0.1, 0.15) is 0 Å². The topological polar surface area (TPSA) is 21.3 Å². The van der Waals surface area contributed by atoms with Gasteiger partial charge in [-0.3, -0.25) is 0 Å². The van der Waals surface area contributed by atoms with E-state index in [-0.39, 0.29) is 0 Å². The fourth-order valence-corrected chi connectivity index (χ4v) is 2.30. The molecule has 0 bridgehead atoms. The minimum atomic E-state index is 0.677. The van der Waals surface area contributed by atoms with E-state index in [0.717, 1.165) is 13.1 Å². The van der Waals surface area contributed by atoms with Crippen LogP contribution in [0, 0.1) is 0 Å². The van der Waals surface area contributed by atoms with Gasteiger partial charge in [0.2, 0.25) is 0 Å². The standard InChI is InChI=1S/C16H17NO/c1-2-4-13(5-3-1)11-18-12-14-6-7-15-9-17-10-16(15)8-14/h1-8,17H,9-12H2. The first kappa shape index (κ1) is 11.5. The third kappa shape index (κ3) is 2.61. The molecule has 2 nitrogen and oxygen atoms in total. The Labute approximate surface area is 108 Å². The summed E-state index contributed by atoms with van der Waals surface area (Å²) in [6, 6.07) is 16.9. The number of nitrogens with one attached hydrogen (secondary N) is 1. The third-order valence-electron chi connectivity index (χ3n) is 3.28. The maximum Gasteiger partial charge on any atom is 0.0721 e. The summed E-state index contributed by atoms with van der Waals surface area (Å²) in [4.78, 5) is 0. The Morgan fingerprint density at radius 2 is 1.61 bits per heavy atom. The highest BCUT2D eigenvalue weighted by Gasteiger charge is 2.09. The molecule has 0 saturated carbocycles. The molecule has 0 aromatic heterocycles. The summed E-state index contributed by atoms with van der Waals surface area (Å²) in [5, 5.41) is 3.36. The lowest BCUT2D eigenvalue weighted by molar-refractivity contribution is 0.107. The van der Waals surface area contributed by atoms with E-state index in [0.29, 0.717) is 13.2 Å². The van der Waals surface area contributed by atoms with Crippen molar-refractivity contribution in [2.24, 2.45) is 0 Å². The molecular formula is C16H17NO. The Bertz CT molecular complexity index is 522. The molecule has 3 rings (SSSR count). The summed E-state index contributed by atoms with van der Waals surface area (Å²) in [5.74, 6) is 0. The van der Waals surface area contributed by atoms with Gasteiger partial charge in [-0.2, -0.15) is 0 Å². The van der Waals surface area contributed by atoms with Gasteiger partial charge in [0, 0.05) is 13.1 Å². The van der Waals surface area contributed by atoms with Crippen LogP contribution in [0.15, 0.2) is 48.5 Å². The first-order valence-corrected chi connectivity index (χ1v) is 6.35. The molecule has 0 aliphatic carbocycles. The van der Waals surface area contributed by atoms with Crippen LogP contribution >= 0.6 is 0 Å². The highest BCUT2D eigenvalue weighted by Crippen LogP contribution is 2.17. The molecule has 0 unspecified atom stereocenters. The number of hydrogen-bond donors (Lipinski definition) is 1. The zero-order chi connectivity index (χ0) is 12.2. The van der Waals surface area contributed by atoms with Crippen molar-refractivity contribution in [3.63, 3.8) is 0 Å². The predicted octanol–water partition coefficient (Wildman–Crippen LogP) is 3.01. The molecule has 2 heteroatoms. The Morgan fingerprint density at radius 3 is 2.50 bits per heavy atom. The highest BCUT2D eigenvalue weighted by atomic mass is 16.5. The fraction of sp³-hybridized carbons (Fsp3) is 0.250. The van der Waals surface area contributed by atoms with Crippen molar-refractivity contribution in [1.29, 1.82) is 0 Å². The van der Waals surface area contributed by atoms with Crippen molar-refractivity contribution in [2.75, 3.05) is 0 Å². The van der Waals surface area contributed by atoms with Crippen LogP contribution < -0.4 is 5.32 Å². The zero-order valence-electron chi connectivity index (χ0n) is 10.4. The van der Waals surface area contributed by atoms with Crippen molar-refractivity contribution in [2.45, 2.75) is 26.3 Å². The molecule has 0 amide bonds. The van der Waals surface area contributed by atoms with Gasteiger partial charge in [-0.25, -0.2) is 0 Å². The lowest BCUT2D eigenvalue weighted by Gasteiger charge is -2.06. The SMILES string of the molecule is c1ccc(COCc2ccc3c(c2)CNC3)cc1. The predicted molar refractivity (Wildman–Crippen MR) is 71.9 cm³/mol. The van der Waals surface area contributed by atoms with Crippen LogP contribution in [0.3, 0.4) is 0 Å². The van der Waals surface area contributed by atoms with Gasteiger partial charge < -0.3 is 10.1 Å². The Hall–Kier alpha value is -1.64. The van der Waals surface area contributed by atoms with Crippen molar-refractivity contribution < 1.29 is 4.74 Å². The fourth-order valence-electron chi connectivity index (χ4n) is 2.30. The summed E-state index contributed by atoms with van der Waals surface area (Å²) in [6.07, 6.45) is 0. The number of ether oxygens (including phenoxy) is 1. The van der Waals surface area contributed by atoms with E-state index in [2.05, 4.69) is 35.6 Å². The molecule has 2 aromatic rings. The molecular weight excluding hydrogens is 222 g/mol. The first-order valence-electron chi connectivity index (χ1n) is 6.35. The molecule has 1 N–H and O–H groups in total. The minimum Gasteiger partial charge on any atom is -0.372 e. The van der Waals surface area contributed by atoms with Crippen LogP contribution in [-0.4, -0.2) is 0 Å². The lowest BCUT2D eigenvalue weighted by Crippen LogP contribution is -1.99. The van der Waals surface area contributed by atoms with Crippen LogP contribution in [0.1, 0.15) is 22.3 Å². The monoisotopic (exact) mass is 239 g/mol. The van der Waals surface area contributed by atoms with Gasteiger partial charge in [-0.15, -0.1) is 0 Å². The largest absolute Gasteiger partial charge is 0.372 e. The smallest absolute Gasteiger partial charge is 0.0721 e. The van der Waals surface area contributed by atoms with E-state index >= 15 is 0 Å². The molecule has 0 saturated heterocycles. The summed E-state index contributed by atoms with van der Waals surface area (Å²) in [5.41, 5.74) is 5.31. The second-order valence-corrected chi connectivity index (χ2v) is 4.69. The van der Waals surface area contributed by atoms with Gasteiger partial charge in [0.05, 0.1) is 13.2 Å². The Balaban J connectivity index is 1.57. The molecule has 18 heavy (non-hydrogen) atoms. The number of fused-ring (bicyclic) bond motifs is 1. The second-order valence-electron chi connectivity index (χ2n) is 4.69. The van der Waals surface area contributed by atoms with Crippen LogP contribution in [0.25, 0.3) is 0 Å². The van der Waals surface area contributed by atoms with E-state index in [1.807, 2.05) is 18.2 Å². The summed E-state index contributed by atoms with van der Waals surface area (Å²) in [7, 11) is 0. The summed E-state index contributed by atoms with van der Waals surface area (Å²) in [6.45, 7) is 3.35. The van der Waals surface area contributed by atoms with Crippen LogP contribution in [-0.2, 0) is 31.0 Å². The molecule has 2 aromatic carbocycles. The molecule has 0 fully saturated rings. The quantitative estimate of drug-likeness (QED) is 0.885. The molecule has 0 spiro atoms. The van der Waals surface area contributed by atoms with E-state index in [1.54, 1.807) is 0 Å². The summed E-state index contributed by atoms with van der Waals surface area (Å²) >= 11 is 0. The molecule has 1 aliphatic rings. The first-order chi connectivity index (χ1) is 8.92. The normalized spacial score (nSPS) is 13.6. The van der Waals surface area contributed by atoms with Crippen molar-refractivity contribution >= 4 is 0 Å². The van der Waals surface area contributed by atoms with E-state index in [9.17, 15) is 0 Å². The lowest BCUT2D eigenvalue weighted by atomic mass is 10.1. The number of hydrogen-bond acceptors (Lipinski definition) is 2. The Kier molecular flexibility index (Phi) is 3.40. The van der Waals surface area contributed by atoms with Gasteiger partial charge in [-0.05, 0) is 22.3 Å². The van der Waals surface area contributed by atoms with Crippen molar-refractivity contribution in [1.82, 2.24) is 5.32 Å². The van der Waals surface area contributed by atoms with Crippen molar-refractivity contribution in [3.05, 3.63) is 70.8 Å². The number of benzene rings is 2. The van der Waals surface area contributed by atoms with Crippen LogP contribution in [0.2, 0.25) is 0 Å².